The number of hydrogen-bond donors (Lipinski definition) is 0. The van der Waals surface area contributed by atoms with E-state index in [9.17, 15) is 29.7 Å². The van der Waals surface area contributed by atoms with Gasteiger partial charge in [-0.05, 0) is 93.3 Å². The summed E-state index contributed by atoms with van der Waals surface area (Å²) in [4.78, 5) is 32.6. The summed E-state index contributed by atoms with van der Waals surface area (Å²) in [6, 6.07) is 0. The predicted octanol–water partition coefficient (Wildman–Crippen LogP) is 2.62. The van der Waals surface area contributed by atoms with Crippen LogP contribution in [0.25, 0.3) is 0 Å². The second kappa shape index (κ2) is 10.1. The first-order valence-electron chi connectivity index (χ1n) is 13.4. The first kappa shape index (κ1) is 29.8. The number of carboxylic acid groups (broad SMARTS) is 3. The van der Waals surface area contributed by atoms with Gasteiger partial charge in [0.2, 0.25) is 0 Å². The van der Waals surface area contributed by atoms with Crippen molar-refractivity contribution in [2.24, 2.45) is 32.5 Å². The molecule has 37 heavy (non-hydrogen) atoms. The third-order valence-corrected chi connectivity index (χ3v) is 10.5. The molecule has 9 aliphatic carbocycles. The normalized spacial score (nSPS) is 43.5. The Labute approximate surface area is 234 Å². The molecule has 0 unspecified atom stereocenters. The molecule has 0 aromatic heterocycles. The maximum atomic E-state index is 10.9. The van der Waals surface area contributed by atoms with Crippen molar-refractivity contribution in [1.29, 1.82) is 0 Å². The van der Waals surface area contributed by atoms with Crippen LogP contribution < -0.4 is 15.3 Å². The Morgan fingerprint density at radius 1 is 0.432 bits per heavy atom. The van der Waals surface area contributed by atoms with E-state index in [0.29, 0.717) is 0 Å². The van der Waals surface area contributed by atoms with E-state index in [4.69, 9.17) is 0 Å². The molecule has 0 aromatic rings. The van der Waals surface area contributed by atoms with E-state index in [-0.39, 0.29) is 36.7 Å². The number of aliphatic carboxylic acids is 3. The minimum absolute atomic E-state index is 0. The fourth-order valence-electron chi connectivity index (χ4n) is 6.70. The standard InChI is InChI=1S/3C10H14O2.Re/c3*1-9-2-5-10(6-3-9,7-4-9)8(11)12;/h3*2,5H,3-4,6-7H2,1H3,(H,11,12);/q;;;+3/p-3. The molecule has 0 N–H and O–H groups in total. The first-order chi connectivity index (χ1) is 16.7. The molecule has 0 aromatic carbocycles. The summed E-state index contributed by atoms with van der Waals surface area (Å²) >= 11 is 0. The Morgan fingerprint density at radius 3 is 0.730 bits per heavy atom. The molecular weight excluding hydrogens is 643 g/mol. The average Bonchev–Trinajstić information content (AvgIpc) is 2.86. The molecule has 6 nitrogen and oxygen atoms in total. The number of rotatable bonds is 3. The van der Waals surface area contributed by atoms with Crippen LogP contribution in [0, 0.1) is 32.5 Å². The van der Waals surface area contributed by atoms with Gasteiger partial charge in [0, 0.05) is 16.2 Å². The van der Waals surface area contributed by atoms with Crippen molar-refractivity contribution >= 4 is 17.9 Å². The van der Waals surface area contributed by atoms with Crippen LogP contribution in [-0.4, -0.2) is 17.9 Å². The van der Waals surface area contributed by atoms with Gasteiger partial charge in [0.15, 0.2) is 0 Å². The largest absolute Gasteiger partial charge is 3.00 e. The molecule has 9 rings (SSSR count). The quantitative estimate of drug-likeness (QED) is 0.423. The Bertz CT molecular complexity index is 869. The van der Waals surface area contributed by atoms with Gasteiger partial charge in [-0.25, -0.2) is 0 Å². The fourth-order valence-corrected chi connectivity index (χ4v) is 6.70. The van der Waals surface area contributed by atoms with Crippen LogP contribution in [0.1, 0.15) is 97.8 Å². The smallest absolute Gasteiger partial charge is 0.549 e. The summed E-state index contributed by atoms with van der Waals surface area (Å²) in [5.41, 5.74) is -1.01. The van der Waals surface area contributed by atoms with E-state index >= 15 is 0 Å². The fraction of sp³-hybridized carbons (Fsp3) is 0.700. The summed E-state index contributed by atoms with van der Waals surface area (Å²) < 4.78 is 0. The van der Waals surface area contributed by atoms with Gasteiger partial charge in [-0.15, -0.1) is 0 Å². The van der Waals surface area contributed by atoms with Crippen LogP contribution in [0.5, 0.6) is 0 Å². The van der Waals surface area contributed by atoms with Crippen molar-refractivity contribution in [2.45, 2.75) is 97.8 Å². The number of allylic oxidation sites excluding steroid dienone is 3. The summed E-state index contributed by atoms with van der Waals surface area (Å²) in [7, 11) is 0. The molecule has 0 amide bonds. The maximum Gasteiger partial charge on any atom is 3.00 e. The van der Waals surface area contributed by atoms with Gasteiger partial charge in [0.25, 0.3) is 0 Å². The first-order valence-corrected chi connectivity index (χ1v) is 13.4. The summed E-state index contributed by atoms with van der Waals surface area (Å²) in [6.45, 7) is 6.59. The van der Waals surface area contributed by atoms with Crippen molar-refractivity contribution in [3.8, 4) is 0 Å². The van der Waals surface area contributed by atoms with Crippen molar-refractivity contribution in [2.75, 3.05) is 0 Å². The van der Waals surface area contributed by atoms with Crippen molar-refractivity contribution in [3.63, 3.8) is 0 Å². The molecule has 0 radical (unpaired) electrons. The average molecular weight is 682 g/mol. The van der Waals surface area contributed by atoms with E-state index in [1.165, 1.54) is 0 Å². The Morgan fingerprint density at radius 2 is 0.622 bits per heavy atom. The van der Waals surface area contributed by atoms with Crippen LogP contribution in [-0.2, 0) is 34.8 Å². The van der Waals surface area contributed by atoms with E-state index in [1.807, 2.05) is 18.2 Å². The molecule has 0 heterocycles. The van der Waals surface area contributed by atoms with Crippen LogP contribution in [0.4, 0.5) is 0 Å². The van der Waals surface area contributed by atoms with Crippen LogP contribution in [0.15, 0.2) is 36.5 Å². The topological polar surface area (TPSA) is 120 Å². The zero-order chi connectivity index (χ0) is 26.5. The molecular formula is C30H39O6Re. The van der Waals surface area contributed by atoms with Gasteiger partial charge in [0.05, 0.1) is 17.9 Å². The summed E-state index contributed by atoms with van der Waals surface area (Å²) in [6.07, 6.45) is 22.3. The number of carbonyl (C=O) groups excluding carboxylic acids is 3. The predicted molar refractivity (Wildman–Crippen MR) is 129 cm³/mol. The molecule has 6 bridgehead atoms. The SMILES string of the molecule is CC12C=CC(C(=O)[O-])(CC1)CC2.CC12C=CC(C(=O)[O-])(CC1)CC2.CC12C=CC(C(=O)[O-])(CC1)CC2.[Re+3]. The van der Waals surface area contributed by atoms with Crippen molar-refractivity contribution in [1.82, 2.24) is 0 Å². The Hall–Kier alpha value is -1.71. The van der Waals surface area contributed by atoms with Gasteiger partial charge < -0.3 is 29.7 Å². The van der Waals surface area contributed by atoms with Gasteiger partial charge in [-0.3, -0.25) is 0 Å². The molecule has 0 atom stereocenters. The zero-order valence-electron chi connectivity index (χ0n) is 22.3. The number of carbonyl (C=O) groups is 3. The van der Waals surface area contributed by atoms with E-state index in [0.717, 1.165) is 77.0 Å². The van der Waals surface area contributed by atoms with Gasteiger partial charge in [-0.2, -0.15) is 0 Å². The Kier molecular flexibility index (Phi) is 8.16. The molecule has 7 heteroatoms. The third kappa shape index (κ3) is 5.69. The number of fused-ring (bicyclic) bond motifs is 6. The monoisotopic (exact) mass is 682 g/mol. The minimum Gasteiger partial charge on any atom is -0.549 e. The molecule has 0 saturated heterocycles. The van der Waals surface area contributed by atoms with Crippen LogP contribution >= 0.6 is 0 Å². The maximum absolute atomic E-state index is 10.9. The molecule has 3 saturated carbocycles. The second-order valence-corrected chi connectivity index (χ2v) is 13.3. The van der Waals surface area contributed by atoms with E-state index in [1.54, 1.807) is 0 Å². The van der Waals surface area contributed by atoms with Gasteiger partial charge in [0.1, 0.15) is 0 Å². The second-order valence-electron chi connectivity index (χ2n) is 13.3. The zero-order valence-corrected chi connectivity index (χ0v) is 25.0. The van der Waals surface area contributed by atoms with Crippen LogP contribution in [0.3, 0.4) is 0 Å². The third-order valence-electron chi connectivity index (χ3n) is 10.5. The molecule has 0 spiro atoms. The number of carboxylic acids is 3. The Balaban J connectivity index is 0.000000152. The molecule has 202 valence electrons. The van der Waals surface area contributed by atoms with E-state index in [2.05, 4.69) is 39.0 Å². The van der Waals surface area contributed by atoms with Crippen molar-refractivity contribution < 1.29 is 50.1 Å². The van der Waals surface area contributed by atoms with Gasteiger partial charge >= 0.3 is 20.4 Å². The van der Waals surface area contributed by atoms with E-state index < -0.39 is 34.2 Å². The minimum atomic E-state index is -0.888. The van der Waals surface area contributed by atoms with Crippen molar-refractivity contribution in [3.05, 3.63) is 36.5 Å². The van der Waals surface area contributed by atoms with Gasteiger partial charge in [-0.1, -0.05) is 57.2 Å². The molecule has 9 aliphatic rings. The molecule has 0 aliphatic heterocycles. The van der Waals surface area contributed by atoms with Crippen LogP contribution in [0.2, 0.25) is 0 Å². The molecule has 3 fully saturated rings. The number of hydrogen-bond acceptors (Lipinski definition) is 6. The summed E-state index contributed by atoms with van der Waals surface area (Å²) in [5, 5.41) is 32.6. The summed E-state index contributed by atoms with van der Waals surface area (Å²) in [5.74, 6) is -2.67.